The van der Waals surface area contributed by atoms with Gasteiger partial charge in [0.2, 0.25) is 0 Å². The van der Waals surface area contributed by atoms with Crippen molar-refractivity contribution in [2.45, 2.75) is 169 Å². The first-order valence-corrected chi connectivity index (χ1v) is 19.2. The van der Waals surface area contributed by atoms with Crippen LogP contribution in [0.1, 0.15) is 153 Å². The summed E-state index contributed by atoms with van der Waals surface area (Å²) >= 11 is 0. The molecule has 2 aromatic carbocycles. The molecule has 0 saturated heterocycles. The molecule has 0 spiro atoms. The lowest BCUT2D eigenvalue weighted by Gasteiger charge is -2.43. The average molecular weight is 606 g/mol. The molecular weight excluding hydrogens is 529 g/mol. The van der Waals surface area contributed by atoms with Crippen molar-refractivity contribution in [2.24, 2.45) is 0 Å². The van der Waals surface area contributed by atoms with Crippen molar-refractivity contribution in [1.29, 1.82) is 0 Å². The summed E-state index contributed by atoms with van der Waals surface area (Å²) in [5.74, 6) is 0. The van der Waals surface area contributed by atoms with Gasteiger partial charge in [-0.05, 0) is 13.8 Å². The molecule has 0 aliphatic heterocycles. The third-order valence-corrected chi connectivity index (χ3v) is 9.53. The number of hydrogen-bond donors (Lipinski definition) is 0. The molecule has 44 heavy (non-hydrogen) atoms. The molecule has 0 fully saturated rings. The average Bonchev–Trinajstić information content (AvgIpc) is 2.98. The lowest BCUT2D eigenvalue weighted by atomic mass is 9.15. The molecule has 0 heterocycles. The lowest BCUT2D eigenvalue weighted by Crippen LogP contribution is -2.58. The molecule has 0 unspecified atom stereocenters. The highest BCUT2D eigenvalue weighted by atomic mass is 15.2. The Hall–Kier alpha value is -1.54. The zero-order chi connectivity index (χ0) is 32.5. The summed E-state index contributed by atoms with van der Waals surface area (Å²) in [6.07, 6.45) is 30.3. The van der Waals surface area contributed by atoms with Crippen molar-refractivity contribution >= 4 is 17.1 Å². The second-order valence-corrected chi connectivity index (χ2v) is 15.7. The predicted octanol–water partition coefficient (Wildman–Crippen LogP) is 12.0. The number of rotatable bonds is 24. The Labute approximate surface area is 277 Å². The van der Waals surface area contributed by atoms with Crippen LogP contribution in [0.15, 0.2) is 48.5 Å². The topological polar surface area (TPSA) is 0 Å². The van der Waals surface area contributed by atoms with Gasteiger partial charge in [0.1, 0.15) is 0 Å². The predicted molar refractivity (Wildman–Crippen MR) is 205 cm³/mol. The van der Waals surface area contributed by atoms with Gasteiger partial charge in [-0.25, -0.2) is 10.9 Å². The molecule has 0 aromatic heterocycles. The Kier molecular flexibility index (Phi) is 22.7. The summed E-state index contributed by atoms with van der Waals surface area (Å²) in [6.45, 7) is 9.08. The standard InChI is InChI=1S/C38H64B.C4H12N/c1-5-7-9-11-13-15-17-19-21-23-33-39(37-29-25-35(3)26-30-37,38-31-27-36(4)28-32-38)34-24-22-20-18-16-14-12-10-8-6-2;1-5(2,3)4/h25-32H,5-24,33-34H2,1-4H3;1-4H3/q-1;+1. The van der Waals surface area contributed by atoms with E-state index in [0.29, 0.717) is 0 Å². The highest BCUT2D eigenvalue weighted by molar-refractivity contribution is 7.02. The first kappa shape index (κ1) is 40.5. The Bertz CT molecular complexity index is 831. The third kappa shape index (κ3) is 19.8. The maximum atomic E-state index is 2.47. The summed E-state index contributed by atoms with van der Waals surface area (Å²) in [7, 11) is 8.50. The molecule has 0 atom stereocenters. The minimum Gasteiger partial charge on any atom is -0.333 e. The van der Waals surface area contributed by atoms with Gasteiger partial charge in [0, 0.05) is 0 Å². The van der Waals surface area contributed by atoms with Gasteiger partial charge in [-0.3, -0.25) is 0 Å². The molecule has 0 N–H and O–H groups in total. The molecule has 0 aliphatic rings. The molecule has 0 amide bonds. The Morgan fingerprint density at radius 1 is 0.386 bits per heavy atom. The summed E-state index contributed by atoms with van der Waals surface area (Å²) in [4.78, 5) is 0. The van der Waals surface area contributed by atoms with E-state index in [1.54, 1.807) is 10.9 Å². The summed E-state index contributed by atoms with van der Waals surface area (Å²) in [6, 6.07) is 19.3. The SMILES string of the molecule is CCCCCCCCCCCC[B-](CCCCCCCCCCCC)(c1ccc(C)cc1)c1ccc(C)cc1.C[N+](C)(C)C. The van der Waals surface area contributed by atoms with Crippen molar-refractivity contribution in [1.82, 2.24) is 0 Å². The van der Waals surface area contributed by atoms with Crippen LogP contribution < -0.4 is 10.9 Å². The minimum atomic E-state index is -0.713. The van der Waals surface area contributed by atoms with Crippen molar-refractivity contribution in [3.8, 4) is 0 Å². The first-order chi connectivity index (χ1) is 21.1. The number of nitrogens with zero attached hydrogens (tertiary/aromatic N) is 1. The van der Waals surface area contributed by atoms with Crippen molar-refractivity contribution in [2.75, 3.05) is 28.2 Å². The van der Waals surface area contributed by atoms with E-state index in [2.05, 4.69) is 104 Å². The third-order valence-electron chi connectivity index (χ3n) is 9.53. The first-order valence-electron chi connectivity index (χ1n) is 19.2. The smallest absolute Gasteiger partial charge is 0.0675 e. The van der Waals surface area contributed by atoms with Crippen LogP contribution in [0.25, 0.3) is 0 Å². The van der Waals surface area contributed by atoms with Gasteiger partial charge in [0.15, 0.2) is 0 Å². The van der Waals surface area contributed by atoms with E-state index in [4.69, 9.17) is 0 Å². The van der Waals surface area contributed by atoms with Gasteiger partial charge in [-0.1, -0.05) is 202 Å². The Morgan fingerprint density at radius 2 is 0.614 bits per heavy atom. The second kappa shape index (κ2) is 24.7. The molecule has 0 saturated carbocycles. The van der Waals surface area contributed by atoms with E-state index in [1.165, 1.54) is 152 Å². The van der Waals surface area contributed by atoms with Gasteiger partial charge in [0.05, 0.1) is 34.3 Å². The van der Waals surface area contributed by atoms with Crippen LogP contribution >= 0.6 is 0 Å². The Morgan fingerprint density at radius 3 is 0.864 bits per heavy atom. The molecule has 0 bridgehead atoms. The van der Waals surface area contributed by atoms with E-state index >= 15 is 0 Å². The van der Waals surface area contributed by atoms with Gasteiger partial charge in [-0.15, -0.1) is 0 Å². The van der Waals surface area contributed by atoms with Crippen LogP contribution in [0.4, 0.5) is 0 Å². The van der Waals surface area contributed by atoms with Crippen LogP contribution in [-0.2, 0) is 0 Å². The second-order valence-electron chi connectivity index (χ2n) is 15.7. The Balaban J connectivity index is 0.00000178. The van der Waals surface area contributed by atoms with Crippen LogP contribution in [-0.4, -0.2) is 38.8 Å². The molecule has 0 radical (unpaired) electrons. The molecule has 1 nitrogen and oxygen atoms in total. The van der Waals surface area contributed by atoms with Crippen LogP contribution in [0.3, 0.4) is 0 Å². The number of benzene rings is 2. The fourth-order valence-electron chi connectivity index (χ4n) is 6.83. The zero-order valence-electron chi connectivity index (χ0n) is 31.2. The summed E-state index contributed by atoms with van der Waals surface area (Å²) in [5, 5.41) is 0. The van der Waals surface area contributed by atoms with Crippen LogP contribution in [0.2, 0.25) is 12.6 Å². The quantitative estimate of drug-likeness (QED) is 0.0634. The molecule has 2 rings (SSSR count). The number of hydrogen-bond acceptors (Lipinski definition) is 0. The number of aryl methyl sites for hydroxylation is 2. The van der Waals surface area contributed by atoms with E-state index in [1.807, 2.05) is 0 Å². The highest BCUT2D eigenvalue weighted by Gasteiger charge is 2.27. The van der Waals surface area contributed by atoms with E-state index in [-0.39, 0.29) is 0 Å². The fourth-order valence-corrected chi connectivity index (χ4v) is 6.83. The largest absolute Gasteiger partial charge is 0.333 e. The molecule has 252 valence electrons. The van der Waals surface area contributed by atoms with Crippen molar-refractivity contribution in [3.63, 3.8) is 0 Å². The monoisotopic (exact) mass is 606 g/mol. The van der Waals surface area contributed by atoms with E-state index in [0.717, 1.165) is 4.48 Å². The highest BCUT2D eigenvalue weighted by Crippen LogP contribution is 2.25. The maximum Gasteiger partial charge on any atom is 0.0675 e. The molecule has 2 aromatic rings. The fraction of sp³-hybridized carbons (Fsp3) is 0.714. The van der Waals surface area contributed by atoms with E-state index in [9.17, 15) is 0 Å². The normalized spacial score (nSPS) is 11.8. The number of quaternary nitrogens is 1. The van der Waals surface area contributed by atoms with Crippen LogP contribution in [0.5, 0.6) is 0 Å². The van der Waals surface area contributed by atoms with Gasteiger partial charge in [0.25, 0.3) is 0 Å². The summed E-state index contributed by atoms with van der Waals surface area (Å²) < 4.78 is 1.00. The van der Waals surface area contributed by atoms with Gasteiger partial charge < -0.3 is 4.48 Å². The maximum absolute atomic E-state index is 2.47. The molecular formula is C42H76BN. The van der Waals surface area contributed by atoms with Crippen molar-refractivity contribution in [3.05, 3.63) is 59.7 Å². The van der Waals surface area contributed by atoms with Crippen LogP contribution in [0, 0.1) is 13.8 Å². The summed E-state index contributed by atoms with van der Waals surface area (Å²) in [5.41, 5.74) is 5.98. The number of unbranched alkanes of at least 4 members (excludes halogenated alkanes) is 18. The van der Waals surface area contributed by atoms with Crippen molar-refractivity contribution < 1.29 is 4.48 Å². The lowest BCUT2D eigenvalue weighted by molar-refractivity contribution is -0.849. The van der Waals surface area contributed by atoms with Gasteiger partial charge >= 0.3 is 0 Å². The van der Waals surface area contributed by atoms with Gasteiger partial charge in [-0.2, -0.15) is 12.6 Å². The molecule has 0 aliphatic carbocycles. The van der Waals surface area contributed by atoms with E-state index < -0.39 is 6.15 Å². The molecule has 2 heteroatoms. The minimum absolute atomic E-state index is 0.713. The zero-order valence-corrected chi connectivity index (χ0v) is 31.2.